The topological polar surface area (TPSA) is 47.6 Å². The molecule has 0 unspecified atom stereocenters. The quantitative estimate of drug-likeness (QED) is 0.368. The van der Waals surface area contributed by atoms with Gasteiger partial charge < -0.3 is 8.84 Å². The monoisotopic (exact) mass is 358 g/mol. The lowest BCUT2D eigenvalue weighted by molar-refractivity contribution is 0.279. The van der Waals surface area contributed by atoms with E-state index in [2.05, 4.69) is 56.0 Å². The van der Waals surface area contributed by atoms with Gasteiger partial charge in [0.2, 0.25) is 5.89 Å². The number of nitrogens with zero attached hydrogens (tertiary/aromatic N) is 2. The van der Waals surface area contributed by atoms with Gasteiger partial charge in [-0.25, -0.2) is 4.98 Å². The van der Waals surface area contributed by atoms with Gasteiger partial charge in [0.25, 0.3) is 0 Å². The Morgan fingerprint density at radius 1 is 1.20 bits per heavy atom. The third kappa shape index (κ3) is 6.25. The molecule has 1 aromatic carbocycles. The Labute approximate surface area is 152 Å². The van der Waals surface area contributed by atoms with Crippen LogP contribution in [0.25, 0.3) is 0 Å². The summed E-state index contributed by atoms with van der Waals surface area (Å²) in [6, 6.07) is 10.1. The Balaban J connectivity index is 1.74. The maximum absolute atomic E-state index is 6.19. The normalized spacial score (nSPS) is 12.8. The second-order valence-electron chi connectivity index (χ2n) is 7.83. The van der Waals surface area contributed by atoms with Crippen molar-refractivity contribution in [1.82, 2.24) is 4.98 Å². The number of benzene rings is 1. The summed E-state index contributed by atoms with van der Waals surface area (Å²) in [7, 11) is -1.66. The number of rotatable bonds is 8. The molecule has 0 saturated carbocycles. The van der Waals surface area contributed by atoms with Crippen molar-refractivity contribution in [3.63, 3.8) is 0 Å². The van der Waals surface area contributed by atoms with Crippen molar-refractivity contribution in [2.45, 2.75) is 58.3 Å². The minimum Gasteiger partial charge on any atom is -0.440 e. The molecule has 0 aliphatic carbocycles. The molecule has 0 atom stereocenters. The van der Waals surface area contributed by atoms with Crippen LogP contribution in [-0.4, -0.2) is 26.1 Å². The highest BCUT2D eigenvalue weighted by Crippen LogP contribution is 2.36. The van der Waals surface area contributed by atoms with Crippen LogP contribution in [-0.2, 0) is 17.4 Å². The summed E-state index contributed by atoms with van der Waals surface area (Å²) in [6.07, 6.45) is 5.27. The molecule has 0 radical (unpaired) electrons. The average molecular weight is 359 g/mol. The van der Waals surface area contributed by atoms with E-state index in [4.69, 9.17) is 8.84 Å². The summed E-state index contributed by atoms with van der Waals surface area (Å²) in [5.74, 6) is 1.45. The Hall–Kier alpha value is -1.72. The van der Waals surface area contributed by atoms with E-state index in [-0.39, 0.29) is 5.04 Å². The number of oxazole rings is 1. The lowest BCUT2D eigenvalue weighted by Crippen LogP contribution is -2.41. The van der Waals surface area contributed by atoms with E-state index >= 15 is 0 Å². The summed E-state index contributed by atoms with van der Waals surface area (Å²) in [6.45, 7) is 12.8. The molecule has 5 heteroatoms. The predicted molar refractivity (Wildman–Crippen MR) is 106 cm³/mol. The highest BCUT2D eigenvalue weighted by molar-refractivity contribution is 6.74. The minimum absolute atomic E-state index is 0.252. The van der Waals surface area contributed by atoms with E-state index in [0.717, 1.165) is 25.2 Å². The zero-order valence-corrected chi connectivity index (χ0v) is 17.1. The largest absolute Gasteiger partial charge is 0.440 e. The van der Waals surface area contributed by atoms with E-state index in [9.17, 15) is 0 Å². The van der Waals surface area contributed by atoms with Gasteiger partial charge in [0, 0.05) is 13.0 Å². The lowest BCUT2D eigenvalue weighted by Gasteiger charge is -2.36. The molecule has 1 heterocycles. The second-order valence-corrected chi connectivity index (χ2v) is 12.6. The van der Waals surface area contributed by atoms with Crippen LogP contribution in [0.4, 0.5) is 0 Å². The van der Waals surface area contributed by atoms with Gasteiger partial charge in [0.15, 0.2) is 8.32 Å². The molecule has 2 aromatic rings. The molecule has 1 aromatic heterocycles. The predicted octanol–water partition coefficient (Wildman–Crippen LogP) is 5.25. The molecule has 0 saturated heterocycles. The zero-order valence-electron chi connectivity index (χ0n) is 16.1. The third-order valence-electron chi connectivity index (χ3n) is 4.73. The van der Waals surface area contributed by atoms with Crippen molar-refractivity contribution in [3.8, 4) is 0 Å². The number of hydrogen-bond acceptors (Lipinski definition) is 4. The van der Waals surface area contributed by atoms with Crippen molar-refractivity contribution in [2.24, 2.45) is 4.99 Å². The summed E-state index contributed by atoms with van der Waals surface area (Å²) in [5, 5.41) is 0.252. The summed E-state index contributed by atoms with van der Waals surface area (Å²) >= 11 is 0. The smallest absolute Gasteiger partial charge is 0.237 e. The van der Waals surface area contributed by atoms with Crippen LogP contribution in [0.15, 0.2) is 45.9 Å². The van der Waals surface area contributed by atoms with E-state index < -0.39 is 8.32 Å². The molecule has 2 rings (SSSR count). The minimum atomic E-state index is -1.66. The van der Waals surface area contributed by atoms with Gasteiger partial charge in [-0.15, -0.1) is 0 Å². The Kier molecular flexibility index (Phi) is 6.73. The van der Waals surface area contributed by atoms with Gasteiger partial charge in [-0.1, -0.05) is 51.1 Å². The zero-order chi connectivity index (χ0) is 18.3. The van der Waals surface area contributed by atoms with Crippen molar-refractivity contribution in [3.05, 3.63) is 53.7 Å². The van der Waals surface area contributed by atoms with Crippen LogP contribution in [0.1, 0.15) is 44.4 Å². The van der Waals surface area contributed by atoms with Gasteiger partial charge in [-0.2, -0.15) is 0 Å². The van der Waals surface area contributed by atoms with Crippen molar-refractivity contribution >= 4 is 14.5 Å². The van der Waals surface area contributed by atoms with E-state index in [0.29, 0.717) is 12.4 Å². The first-order valence-electron chi connectivity index (χ1n) is 8.90. The van der Waals surface area contributed by atoms with Crippen LogP contribution in [0.3, 0.4) is 0 Å². The van der Waals surface area contributed by atoms with Crippen molar-refractivity contribution in [1.29, 1.82) is 0 Å². The highest BCUT2D eigenvalue weighted by atomic mass is 28.4. The van der Waals surface area contributed by atoms with Crippen LogP contribution < -0.4 is 0 Å². The first-order valence-corrected chi connectivity index (χ1v) is 11.8. The fourth-order valence-corrected chi connectivity index (χ4v) is 3.19. The molecule has 25 heavy (non-hydrogen) atoms. The molecule has 0 fully saturated rings. The molecule has 0 N–H and O–H groups in total. The molecule has 0 amide bonds. The van der Waals surface area contributed by atoms with Gasteiger partial charge in [0.05, 0.1) is 19.0 Å². The fraction of sp³-hybridized carbons (Fsp3) is 0.500. The molecule has 136 valence electrons. The SMILES string of the molecule is CC(C)(C)[Si](C)(C)OCCCc1cnc(C=NCc2ccccc2)o1. The van der Waals surface area contributed by atoms with Crippen molar-refractivity contribution < 1.29 is 8.84 Å². The number of aliphatic imine (C=N–C) groups is 1. The molecule has 4 nitrogen and oxygen atoms in total. The molecule has 0 aliphatic rings. The molecule has 0 bridgehead atoms. The number of aryl methyl sites for hydroxylation is 1. The fourth-order valence-electron chi connectivity index (χ4n) is 2.10. The Morgan fingerprint density at radius 2 is 1.92 bits per heavy atom. The third-order valence-corrected chi connectivity index (χ3v) is 9.26. The maximum Gasteiger partial charge on any atom is 0.237 e. The van der Waals surface area contributed by atoms with Crippen LogP contribution in [0.2, 0.25) is 18.1 Å². The van der Waals surface area contributed by atoms with Gasteiger partial charge in [0.1, 0.15) is 5.76 Å². The Morgan fingerprint density at radius 3 is 2.60 bits per heavy atom. The molecule has 0 aliphatic heterocycles. The maximum atomic E-state index is 6.19. The second kappa shape index (κ2) is 8.58. The van der Waals surface area contributed by atoms with E-state index in [1.807, 2.05) is 18.2 Å². The van der Waals surface area contributed by atoms with Crippen molar-refractivity contribution in [2.75, 3.05) is 6.61 Å². The number of hydrogen-bond donors (Lipinski definition) is 0. The highest BCUT2D eigenvalue weighted by Gasteiger charge is 2.36. The summed E-state index contributed by atoms with van der Waals surface area (Å²) in [4.78, 5) is 8.65. The number of aromatic nitrogens is 1. The standard InChI is InChI=1S/C20H30N2O2Si/c1-20(2,3)25(4,5)23-13-9-12-18-15-22-19(24-18)16-21-14-17-10-7-6-8-11-17/h6-8,10-11,15-16H,9,12-14H2,1-5H3. The van der Waals surface area contributed by atoms with Crippen LogP contribution >= 0.6 is 0 Å². The van der Waals surface area contributed by atoms with E-state index in [1.54, 1.807) is 12.4 Å². The molecular formula is C20H30N2O2Si. The Bertz CT molecular complexity index is 673. The molecular weight excluding hydrogens is 328 g/mol. The van der Waals surface area contributed by atoms with Crippen LogP contribution in [0, 0.1) is 0 Å². The van der Waals surface area contributed by atoms with Crippen LogP contribution in [0.5, 0.6) is 0 Å². The molecule has 0 spiro atoms. The first-order chi connectivity index (χ1) is 11.8. The van der Waals surface area contributed by atoms with Gasteiger partial charge in [-0.3, -0.25) is 4.99 Å². The van der Waals surface area contributed by atoms with Gasteiger partial charge in [-0.05, 0) is 30.1 Å². The summed E-state index contributed by atoms with van der Waals surface area (Å²) in [5.41, 5.74) is 1.17. The first kappa shape index (κ1) is 19.6. The van der Waals surface area contributed by atoms with E-state index in [1.165, 1.54) is 5.56 Å². The average Bonchev–Trinajstić information content (AvgIpc) is 2.99. The lowest BCUT2D eigenvalue weighted by atomic mass is 10.2. The van der Waals surface area contributed by atoms with Gasteiger partial charge >= 0.3 is 0 Å². The summed E-state index contributed by atoms with van der Waals surface area (Å²) < 4.78 is 11.9.